The maximum Gasteiger partial charge on any atom is 0.255 e. The summed E-state index contributed by atoms with van der Waals surface area (Å²) in [5.41, 5.74) is 3.07. The van der Waals surface area contributed by atoms with Crippen LogP contribution in [0, 0.1) is 0 Å². The molecule has 1 aliphatic rings. The minimum atomic E-state index is -0.205. The van der Waals surface area contributed by atoms with Crippen molar-refractivity contribution in [2.24, 2.45) is 0 Å². The number of nitrogens with one attached hydrogen (secondary N) is 1. The molecule has 1 aliphatic heterocycles. The quantitative estimate of drug-likeness (QED) is 0.442. The molecule has 6 nitrogen and oxygen atoms in total. The van der Waals surface area contributed by atoms with E-state index in [2.05, 4.69) is 28.2 Å². The van der Waals surface area contributed by atoms with Crippen LogP contribution in [-0.4, -0.2) is 56.0 Å². The minimum Gasteiger partial charge on any atom is -0.496 e. The van der Waals surface area contributed by atoms with E-state index in [4.69, 9.17) is 9.15 Å². The van der Waals surface area contributed by atoms with Crippen molar-refractivity contribution >= 4 is 22.6 Å². The monoisotopic (exact) mass is 455 g/mol. The summed E-state index contributed by atoms with van der Waals surface area (Å²) in [5.74, 6) is 1.36. The molecule has 0 bridgehead atoms. The van der Waals surface area contributed by atoms with E-state index >= 15 is 0 Å². The zero-order valence-electron chi connectivity index (χ0n) is 19.5. The number of methoxy groups -OCH3 is 1. The van der Waals surface area contributed by atoms with Crippen LogP contribution in [0.1, 0.15) is 27.7 Å². The molecular weight excluding hydrogens is 426 g/mol. The molecule has 4 aromatic rings. The van der Waals surface area contributed by atoms with Crippen molar-refractivity contribution in [3.63, 3.8) is 0 Å². The van der Waals surface area contributed by atoms with E-state index in [1.54, 1.807) is 7.11 Å². The van der Waals surface area contributed by atoms with Crippen LogP contribution < -0.4 is 10.1 Å². The van der Waals surface area contributed by atoms with E-state index in [-0.39, 0.29) is 11.9 Å². The Bertz CT molecular complexity index is 1280. The number of anilines is 1. The first-order valence-corrected chi connectivity index (χ1v) is 11.6. The number of fused-ring (bicyclic) bond motifs is 1. The third-order valence-corrected chi connectivity index (χ3v) is 6.48. The number of benzene rings is 3. The molecule has 1 saturated heterocycles. The molecule has 5 rings (SSSR count). The fourth-order valence-electron chi connectivity index (χ4n) is 4.64. The summed E-state index contributed by atoms with van der Waals surface area (Å²) in [4.78, 5) is 17.9. The van der Waals surface area contributed by atoms with Gasteiger partial charge in [-0.25, -0.2) is 0 Å². The lowest BCUT2D eigenvalue weighted by molar-refractivity contribution is 0.102. The van der Waals surface area contributed by atoms with Crippen molar-refractivity contribution in [3.8, 4) is 5.75 Å². The van der Waals surface area contributed by atoms with Crippen LogP contribution in [-0.2, 0) is 0 Å². The number of piperazine rings is 1. The summed E-state index contributed by atoms with van der Waals surface area (Å²) in [6.45, 7) is 3.67. The topological polar surface area (TPSA) is 58.0 Å². The number of amides is 1. The molecule has 2 heterocycles. The first kappa shape index (κ1) is 22.2. The number of carbonyl (C=O) groups is 1. The van der Waals surface area contributed by atoms with Crippen molar-refractivity contribution in [1.82, 2.24) is 9.80 Å². The lowest BCUT2D eigenvalue weighted by Gasteiger charge is -2.38. The number of furan rings is 1. The predicted octanol–water partition coefficient (Wildman–Crippen LogP) is 5.03. The highest BCUT2D eigenvalue weighted by Crippen LogP contribution is 2.43. The number of rotatable bonds is 6. The summed E-state index contributed by atoms with van der Waals surface area (Å²) in [6, 6.07) is 25.0. The summed E-state index contributed by atoms with van der Waals surface area (Å²) in [5, 5.41) is 4.06. The number of likely N-dealkylation sites (N-methyl/N-ethyl adjacent to an activating group) is 1. The van der Waals surface area contributed by atoms with Crippen LogP contribution in [0.25, 0.3) is 11.0 Å². The molecule has 34 heavy (non-hydrogen) atoms. The summed E-state index contributed by atoms with van der Waals surface area (Å²) in [6.07, 6.45) is 0. The second-order valence-electron chi connectivity index (χ2n) is 8.64. The first-order chi connectivity index (χ1) is 16.7. The van der Waals surface area contributed by atoms with Gasteiger partial charge in [0.1, 0.15) is 11.3 Å². The third-order valence-electron chi connectivity index (χ3n) is 6.48. The van der Waals surface area contributed by atoms with Crippen LogP contribution >= 0.6 is 0 Å². The molecule has 1 aromatic heterocycles. The Balaban J connectivity index is 1.65. The van der Waals surface area contributed by atoms with E-state index in [9.17, 15) is 4.79 Å². The second-order valence-corrected chi connectivity index (χ2v) is 8.64. The lowest BCUT2D eigenvalue weighted by atomic mass is 9.98. The van der Waals surface area contributed by atoms with Gasteiger partial charge in [0, 0.05) is 42.7 Å². The zero-order valence-corrected chi connectivity index (χ0v) is 19.5. The van der Waals surface area contributed by atoms with Gasteiger partial charge in [-0.15, -0.1) is 0 Å². The number of hydrogen-bond acceptors (Lipinski definition) is 5. The molecule has 3 aromatic carbocycles. The van der Waals surface area contributed by atoms with E-state index in [1.165, 1.54) is 0 Å². The number of carbonyl (C=O) groups excluding carboxylic acids is 1. The number of ether oxygens (including phenoxy) is 1. The molecule has 0 aliphatic carbocycles. The van der Waals surface area contributed by atoms with Crippen LogP contribution in [0.5, 0.6) is 5.75 Å². The summed E-state index contributed by atoms with van der Waals surface area (Å²) >= 11 is 0. The lowest BCUT2D eigenvalue weighted by Crippen LogP contribution is -2.46. The molecule has 1 amide bonds. The fourth-order valence-corrected chi connectivity index (χ4v) is 4.64. The number of para-hydroxylation sites is 2. The molecule has 1 fully saturated rings. The van der Waals surface area contributed by atoms with Crippen molar-refractivity contribution in [2.45, 2.75) is 6.04 Å². The Morgan fingerprint density at radius 2 is 1.59 bits per heavy atom. The van der Waals surface area contributed by atoms with Gasteiger partial charge < -0.3 is 19.4 Å². The highest BCUT2D eigenvalue weighted by atomic mass is 16.5. The normalized spacial score (nSPS) is 15.8. The second kappa shape index (κ2) is 9.71. The van der Waals surface area contributed by atoms with Gasteiger partial charge in [-0.1, -0.05) is 48.5 Å². The van der Waals surface area contributed by atoms with E-state index in [0.29, 0.717) is 11.3 Å². The van der Waals surface area contributed by atoms with Crippen molar-refractivity contribution in [1.29, 1.82) is 0 Å². The molecule has 6 heteroatoms. The maximum absolute atomic E-state index is 13.2. The van der Waals surface area contributed by atoms with Crippen molar-refractivity contribution in [2.75, 3.05) is 45.7 Å². The Morgan fingerprint density at radius 3 is 2.35 bits per heavy atom. The fraction of sp³-hybridized carbons (Fsp3) is 0.250. The summed E-state index contributed by atoms with van der Waals surface area (Å²) in [7, 11) is 3.83. The molecule has 0 spiro atoms. The van der Waals surface area contributed by atoms with Gasteiger partial charge in [-0.05, 0) is 37.4 Å². The largest absolute Gasteiger partial charge is 0.496 e. The molecule has 1 atom stereocenters. The van der Waals surface area contributed by atoms with Gasteiger partial charge in [0.25, 0.3) is 5.91 Å². The molecule has 1 N–H and O–H groups in total. The number of nitrogens with zero attached hydrogens (tertiary/aromatic N) is 2. The third kappa shape index (κ3) is 4.30. The van der Waals surface area contributed by atoms with Crippen LogP contribution in [0.2, 0.25) is 0 Å². The van der Waals surface area contributed by atoms with E-state index in [0.717, 1.165) is 54.2 Å². The van der Waals surface area contributed by atoms with E-state index < -0.39 is 0 Å². The van der Waals surface area contributed by atoms with Crippen LogP contribution in [0.4, 0.5) is 5.69 Å². The molecular formula is C28H29N3O3. The highest BCUT2D eigenvalue weighted by molar-refractivity contribution is 6.09. The number of hydrogen-bond donors (Lipinski definition) is 1. The van der Waals surface area contributed by atoms with Crippen molar-refractivity contribution in [3.05, 3.63) is 95.7 Å². The van der Waals surface area contributed by atoms with Gasteiger partial charge in [0.15, 0.2) is 5.76 Å². The average Bonchev–Trinajstić information content (AvgIpc) is 3.24. The van der Waals surface area contributed by atoms with Crippen LogP contribution in [0.3, 0.4) is 0 Å². The van der Waals surface area contributed by atoms with Gasteiger partial charge in [-0.2, -0.15) is 0 Å². The Labute approximate surface area is 199 Å². The van der Waals surface area contributed by atoms with Gasteiger partial charge in [0.05, 0.1) is 18.8 Å². The van der Waals surface area contributed by atoms with Crippen LogP contribution in [0.15, 0.2) is 83.3 Å². The van der Waals surface area contributed by atoms with Gasteiger partial charge in [0.2, 0.25) is 0 Å². The Morgan fingerprint density at radius 1 is 0.912 bits per heavy atom. The molecule has 174 valence electrons. The zero-order chi connectivity index (χ0) is 23.5. The van der Waals surface area contributed by atoms with E-state index in [1.807, 2.05) is 72.8 Å². The van der Waals surface area contributed by atoms with Crippen molar-refractivity contribution < 1.29 is 13.9 Å². The predicted molar refractivity (Wildman–Crippen MR) is 135 cm³/mol. The SMILES string of the molecule is COc1ccccc1[C@H](c1oc2ccccc2c1NC(=O)c1ccccc1)N1CCN(C)CC1. The minimum absolute atomic E-state index is 0.162. The smallest absolute Gasteiger partial charge is 0.255 e. The molecule has 0 radical (unpaired) electrons. The highest BCUT2D eigenvalue weighted by Gasteiger charge is 2.33. The van der Waals surface area contributed by atoms with Gasteiger partial charge >= 0.3 is 0 Å². The Kier molecular flexibility index (Phi) is 6.34. The maximum atomic E-state index is 13.2. The summed E-state index contributed by atoms with van der Waals surface area (Å²) < 4.78 is 12.3. The standard InChI is InChI=1S/C28H29N3O3/c1-30-16-18-31(19-17-30)26(22-13-7-8-14-23(22)33-2)27-25(21-12-6-9-15-24(21)34-27)29-28(32)20-10-4-3-5-11-20/h3-15,26H,16-19H2,1-2H3,(H,29,32)/t26-/m1/s1. The van der Waals surface area contributed by atoms with Gasteiger partial charge in [-0.3, -0.25) is 9.69 Å². The first-order valence-electron chi connectivity index (χ1n) is 11.6. The average molecular weight is 456 g/mol. The molecule has 0 unspecified atom stereocenters. The molecule has 0 saturated carbocycles. The Hall–Kier alpha value is -3.61.